The van der Waals surface area contributed by atoms with E-state index in [-0.39, 0.29) is 6.61 Å². The first-order chi connectivity index (χ1) is 12.7. The topological polar surface area (TPSA) is 38.3 Å². The number of rotatable bonds is 4. The molecule has 3 heteroatoms. The summed E-state index contributed by atoms with van der Waals surface area (Å²) in [6.45, 7) is 2.80. The number of fused-ring (bicyclic) bond motifs is 1. The second kappa shape index (κ2) is 8.73. The van der Waals surface area contributed by atoms with E-state index in [0.29, 0.717) is 13.0 Å². The number of benzene rings is 3. The summed E-state index contributed by atoms with van der Waals surface area (Å²) in [7, 11) is 0. The minimum Gasteiger partial charge on any atom is -0.445 e. The van der Waals surface area contributed by atoms with Gasteiger partial charge in [0.15, 0.2) is 0 Å². The van der Waals surface area contributed by atoms with Gasteiger partial charge >= 0.3 is 6.09 Å². The summed E-state index contributed by atoms with van der Waals surface area (Å²) in [6, 6.07) is 22.0. The van der Waals surface area contributed by atoms with Gasteiger partial charge in [-0.2, -0.15) is 0 Å². The molecule has 1 N–H and O–H groups in total. The van der Waals surface area contributed by atoms with E-state index in [9.17, 15) is 4.79 Å². The summed E-state index contributed by atoms with van der Waals surface area (Å²) in [5.41, 5.74) is 3.18. The van der Waals surface area contributed by atoms with Crippen LogP contribution < -0.4 is 5.32 Å². The monoisotopic (exact) mass is 343 g/mol. The zero-order valence-electron chi connectivity index (χ0n) is 14.8. The van der Waals surface area contributed by atoms with Crippen molar-refractivity contribution >= 4 is 16.9 Å². The predicted octanol–water partition coefficient (Wildman–Crippen LogP) is 4.82. The van der Waals surface area contributed by atoms with E-state index in [4.69, 9.17) is 4.74 Å². The fourth-order valence-corrected chi connectivity index (χ4v) is 2.70. The molecule has 3 aromatic carbocycles. The molecule has 3 nitrogen and oxygen atoms in total. The van der Waals surface area contributed by atoms with Gasteiger partial charge < -0.3 is 10.1 Å². The van der Waals surface area contributed by atoms with Crippen LogP contribution in [0.5, 0.6) is 0 Å². The molecule has 130 valence electrons. The predicted molar refractivity (Wildman–Crippen MR) is 105 cm³/mol. The first kappa shape index (κ1) is 17.6. The Morgan fingerprint density at radius 2 is 1.77 bits per heavy atom. The van der Waals surface area contributed by atoms with Crippen molar-refractivity contribution in [2.45, 2.75) is 20.0 Å². The van der Waals surface area contributed by atoms with Gasteiger partial charge in [0.1, 0.15) is 6.61 Å². The molecule has 0 saturated carbocycles. The summed E-state index contributed by atoms with van der Waals surface area (Å²) in [5, 5.41) is 5.07. The van der Waals surface area contributed by atoms with Crippen LogP contribution in [0.3, 0.4) is 0 Å². The van der Waals surface area contributed by atoms with Crippen molar-refractivity contribution < 1.29 is 9.53 Å². The van der Waals surface area contributed by atoms with Crippen molar-refractivity contribution in [1.29, 1.82) is 0 Å². The number of amides is 1. The lowest BCUT2D eigenvalue weighted by atomic mass is 10.00. The molecule has 0 atom stereocenters. The number of hydrogen-bond donors (Lipinski definition) is 1. The third kappa shape index (κ3) is 4.64. The first-order valence-electron chi connectivity index (χ1n) is 8.66. The lowest BCUT2D eigenvalue weighted by Crippen LogP contribution is -2.24. The molecule has 0 unspecified atom stereocenters. The van der Waals surface area contributed by atoms with Gasteiger partial charge in [0.05, 0.1) is 0 Å². The highest BCUT2D eigenvalue weighted by Gasteiger charge is 2.02. The van der Waals surface area contributed by atoms with Crippen molar-refractivity contribution in [2.75, 3.05) is 6.54 Å². The molecule has 3 aromatic rings. The summed E-state index contributed by atoms with van der Waals surface area (Å²) in [6.07, 6.45) is 0.153. The van der Waals surface area contributed by atoms with Gasteiger partial charge in [-0.25, -0.2) is 4.79 Å². The number of carbonyl (C=O) groups is 1. The number of hydrogen-bond acceptors (Lipinski definition) is 2. The Kier molecular flexibility index (Phi) is 5.90. The van der Waals surface area contributed by atoms with Crippen molar-refractivity contribution in [2.24, 2.45) is 0 Å². The molecule has 0 aromatic heterocycles. The largest absolute Gasteiger partial charge is 0.445 e. The highest BCUT2D eigenvalue weighted by atomic mass is 16.5. The van der Waals surface area contributed by atoms with E-state index < -0.39 is 6.09 Å². The van der Waals surface area contributed by atoms with Gasteiger partial charge in [-0.3, -0.25) is 0 Å². The Labute approximate surface area is 154 Å². The van der Waals surface area contributed by atoms with Gasteiger partial charge in [0, 0.05) is 18.5 Å². The highest BCUT2D eigenvalue weighted by Crippen LogP contribution is 2.21. The third-order valence-corrected chi connectivity index (χ3v) is 4.08. The molecule has 0 aliphatic rings. The maximum Gasteiger partial charge on any atom is 0.407 e. The zero-order valence-corrected chi connectivity index (χ0v) is 14.8. The third-order valence-electron chi connectivity index (χ3n) is 4.08. The van der Waals surface area contributed by atoms with E-state index in [1.807, 2.05) is 42.5 Å². The smallest absolute Gasteiger partial charge is 0.407 e. The summed E-state index contributed by atoms with van der Waals surface area (Å²) >= 11 is 0. The van der Waals surface area contributed by atoms with Crippen LogP contribution in [0, 0.1) is 18.8 Å². The van der Waals surface area contributed by atoms with Crippen molar-refractivity contribution in [3.63, 3.8) is 0 Å². The molecule has 0 aliphatic carbocycles. The van der Waals surface area contributed by atoms with E-state index >= 15 is 0 Å². The lowest BCUT2D eigenvalue weighted by molar-refractivity contribution is 0.140. The number of alkyl carbamates (subject to hydrolysis) is 1. The fraction of sp³-hybridized carbons (Fsp3) is 0.174. The Bertz CT molecular complexity index is 952. The quantitative estimate of drug-likeness (QED) is 0.545. The summed E-state index contributed by atoms with van der Waals surface area (Å²) in [5.74, 6) is 6.39. The van der Waals surface area contributed by atoms with Crippen LogP contribution in [-0.4, -0.2) is 12.6 Å². The normalized spacial score (nSPS) is 10.0. The molecule has 0 saturated heterocycles. The van der Waals surface area contributed by atoms with Gasteiger partial charge in [-0.05, 0) is 28.8 Å². The molecule has 0 fully saturated rings. The van der Waals surface area contributed by atoms with Gasteiger partial charge in [-0.1, -0.05) is 78.6 Å². The minimum absolute atomic E-state index is 0.271. The van der Waals surface area contributed by atoms with Gasteiger partial charge in [0.2, 0.25) is 0 Å². The number of nitrogens with one attached hydrogen (secondary N) is 1. The SMILES string of the molecule is Cc1ccc2ccccc2c1C#CCCNC(=O)OCc1ccccc1. The average molecular weight is 343 g/mol. The van der Waals surface area contributed by atoms with Crippen LogP contribution in [0.25, 0.3) is 10.8 Å². The van der Waals surface area contributed by atoms with Gasteiger partial charge in [-0.15, -0.1) is 0 Å². The fourth-order valence-electron chi connectivity index (χ4n) is 2.70. The minimum atomic E-state index is -0.419. The molecular formula is C23H21NO2. The average Bonchev–Trinajstić information content (AvgIpc) is 2.68. The summed E-state index contributed by atoms with van der Waals surface area (Å²) < 4.78 is 5.17. The van der Waals surface area contributed by atoms with E-state index in [1.165, 1.54) is 5.39 Å². The molecule has 3 rings (SSSR count). The number of aryl methyl sites for hydroxylation is 1. The second-order valence-electron chi connectivity index (χ2n) is 6.02. The van der Waals surface area contributed by atoms with E-state index in [2.05, 4.69) is 48.3 Å². The number of carbonyl (C=O) groups excluding carboxylic acids is 1. The Morgan fingerprint density at radius 3 is 2.62 bits per heavy atom. The van der Waals surface area contributed by atoms with Crippen molar-refractivity contribution in [1.82, 2.24) is 5.32 Å². The van der Waals surface area contributed by atoms with Crippen LogP contribution in [0.15, 0.2) is 66.7 Å². The Hall–Kier alpha value is -3.25. The Balaban J connectivity index is 1.50. The van der Waals surface area contributed by atoms with Crippen molar-refractivity contribution in [3.8, 4) is 11.8 Å². The highest BCUT2D eigenvalue weighted by molar-refractivity contribution is 5.89. The maximum absolute atomic E-state index is 11.7. The zero-order chi connectivity index (χ0) is 18.2. The van der Waals surface area contributed by atoms with Crippen LogP contribution in [0.4, 0.5) is 4.79 Å². The molecule has 0 bridgehead atoms. The van der Waals surface area contributed by atoms with Crippen LogP contribution in [0.1, 0.15) is 23.1 Å². The second-order valence-corrected chi connectivity index (χ2v) is 6.02. The molecule has 0 radical (unpaired) electrons. The molecule has 26 heavy (non-hydrogen) atoms. The van der Waals surface area contributed by atoms with Crippen molar-refractivity contribution in [3.05, 3.63) is 83.4 Å². The molecular weight excluding hydrogens is 322 g/mol. The first-order valence-corrected chi connectivity index (χ1v) is 8.66. The van der Waals surface area contributed by atoms with Crippen LogP contribution >= 0.6 is 0 Å². The van der Waals surface area contributed by atoms with Crippen LogP contribution in [0.2, 0.25) is 0 Å². The molecule has 1 amide bonds. The molecule has 0 heterocycles. The van der Waals surface area contributed by atoms with Crippen LogP contribution in [-0.2, 0) is 11.3 Å². The van der Waals surface area contributed by atoms with E-state index in [0.717, 1.165) is 22.1 Å². The standard InChI is InChI=1S/C23H21NO2/c1-18-14-15-20-11-5-6-13-22(20)21(18)12-7-8-16-24-23(25)26-17-19-9-3-2-4-10-19/h2-6,9-11,13-15H,8,16-17H2,1H3,(H,24,25). The Morgan fingerprint density at radius 1 is 1.00 bits per heavy atom. The summed E-state index contributed by atoms with van der Waals surface area (Å²) in [4.78, 5) is 11.7. The lowest BCUT2D eigenvalue weighted by Gasteiger charge is -2.06. The molecule has 0 spiro atoms. The molecule has 0 aliphatic heterocycles. The number of ether oxygens (including phenoxy) is 1. The van der Waals surface area contributed by atoms with Gasteiger partial charge in [0.25, 0.3) is 0 Å². The maximum atomic E-state index is 11.7. The van der Waals surface area contributed by atoms with E-state index in [1.54, 1.807) is 0 Å².